The van der Waals surface area contributed by atoms with Crippen LogP contribution in [-0.4, -0.2) is 72.4 Å². The molecular formula is C30H30F4N4O4. The second-order valence-electron chi connectivity index (χ2n) is 9.95. The number of aliphatic carboxylic acids is 1. The molecule has 0 bridgehead atoms. The molecule has 3 aromatic rings. The second-order valence-corrected chi connectivity index (χ2v) is 9.95. The van der Waals surface area contributed by atoms with Crippen molar-refractivity contribution in [3.63, 3.8) is 0 Å². The summed E-state index contributed by atoms with van der Waals surface area (Å²) in [5, 5.41) is 13.1. The summed E-state index contributed by atoms with van der Waals surface area (Å²) in [7, 11) is 0. The van der Waals surface area contributed by atoms with Crippen LogP contribution >= 0.6 is 0 Å². The second kappa shape index (κ2) is 13.0. The van der Waals surface area contributed by atoms with Crippen LogP contribution in [0, 0.1) is 5.82 Å². The number of alkyl halides is 3. The zero-order chi connectivity index (χ0) is 30.3. The normalized spacial score (nSPS) is 16.4. The zero-order valence-electron chi connectivity index (χ0n) is 22.5. The average molecular weight is 587 g/mol. The highest BCUT2D eigenvalue weighted by Gasteiger charge is 2.50. The first-order chi connectivity index (χ1) is 20.0. The van der Waals surface area contributed by atoms with Gasteiger partial charge in [-0.1, -0.05) is 48.5 Å². The number of amides is 2. The van der Waals surface area contributed by atoms with Crippen LogP contribution in [-0.2, 0) is 9.59 Å². The molecule has 0 saturated carbocycles. The number of hydrogen-bond acceptors (Lipinski definition) is 5. The zero-order valence-corrected chi connectivity index (χ0v) is 22.5. The third-order valence-corrected chi connectivity index (χ3v) is 7.35. The maximum absolute atomic E-state index is 13.8. The van der Waals surface area contributed by atoms with Crippen molar-refractivity contribution in [1.29, 1.82) is 0 Å². The molecule has 2 fully saturated rings. The average Bonchev–Trinajstić information content (AvgIpc) is 3.29. The van der Waals surface area contributed by atoms with E-state index in [4.69, 9.17) is 9.90 Å². The largest absolute Gasteiger partial charge is 0.490 e. The van der Waals surface area contributed by atoms with Gasteiger partial charge in [0.15, 0.2) is 0 Å². The molecule has 5 rings (SSSR count). The Morgan fingerprint density at radius 1 is 0.929 bits per heavy atom. The van der Waals surface area contributed by atoms with Gasteiger partial charge in [0.05, 0.1) is 6.67 Å². The Morgan fingerprint density at radius 3 is 2.14 bits per heavy atom. The van der Waals surface area contributed by atoms with Crippen molar-refractivity contribution in [2.75, 3.05) is 37.7 Å². The van der Waals surface area contributed by atoms with Gasteiger partial charge in [0, 0.05) is 37.4 Å². The lowest BCUT2D eigenvalue weighted by atomic mass is 9.85. The fraction of sp³-hybridized carbons (Fsp3) is 0.300. The number of carboxylic acids is 1. The van der Waals surface area contributed by atoms with Gasteiger partial charge in [-0.05, 0) is 54.3 Å². The highest BCUT2D eigenvalue weighted by molar-refractivity contribution is 5.95. The van der Waals surface area contributed by atoms with Gasteiger partial charge in [-0.25, -0.2) is 9.18 Å². The summed E-state index contributed by atoms with van der Waals surface area (Å²) >= 11 is 0. The van der Waals surface area contributed by atoms with Gasteiger partial charge >= 0.3 is 12.1 Å². The smallest absolute Gasteiger partial charge is 0.475 e. The van der Waals surface area contributed by atoms with Crippen molar-refractivity contribution in [2.24, 2.45) is 0 Å². The Labute approximate surface area is 239 Å². The highest BCUT2D eigenvalue weighted by Crippen LogP contribution is 2.36. The number of anilines is 1. The quantitative estimate of drug-likeness (QED) is 0.373. The predicted octanol–water partition coefficient (Wildman–Crippen LogP) is 4.28. The van der Waals surface area contributed by atoms with E-state index in [0.717, 1.165) is 29.9 Å². The lowest BCUT2D eigenvalue weighted by Crippen LogP contribution is -2.57. The molecule has 2 aliphatic heterocycles. The van der Waals surface area contributed by atoms with Gasteiger partial charge in [0.25, 0.3) is 5.91 Å². The summed E-state index contributed by atoms with van der Waals surface area (Å²) in [5.41, 5.74) is 2.91. The van der Waals surface area contributed by atoms with Crippen LogP contribution in [0.5, 0.6) is 0 Å². The Hall–Kier alpha value is -4.45. The third-order valence-electron chi connectivity index (χ3n) is 7.35. The minimum atomic E-state index is -5.08. The third kappa shape index (κ3) is 7.24. The molecule has 2 saturated heterocycles. The molecule has 2 heterocycles. The lowest BCUT2D eigenvalue weighted by molar-refractivity contribution is -0.192. The van der Waals surface area contributed by atoms with E-state index in [1.165, 1.54) is 12.1 Å². The molecule has 3 aromatic carbocycles. The van der Waals surface area contributed by atoms with Crippen LogP contribution in [0.3, 0.4) is 0 Å². The summed E-state index contributed by atoms with van der Waals surface area (Å²) in [6.07, 6.45) is -3.77. The fourth-order valence-corrected chi connectivity index (χ4v) is 5.09. The summed E-state index contributed by atoms with van der Waals surface area (Å²) in [5.74, 6) is -3.15. The van der Waals surface area contributed by atoms with E-state index >= 15 is 0 Å². The van der Waals surface area contributed by atoms with Crippen molar-refractivity contribution in [2.45, 2.75) is 24.6 Å². The van der Waals surface area contributed by atoms with Gasteiger partial charge in [-0.3, -0.25) is 9.59 Å². The first kappa shape index (κ1) is 30.5. The molecule has 42 heavy (non-hydrogen) atoms. The molecule has 0 aromatic heterocycles. The molecule has 12 heteroatoms. The Balaban J connectivity index is 0.000000517. The number of likely N-dealkylation sites (tertiary alicyclic amines) is 1. The van der Waals surface area contributed by atoms with Crippen LogP contribution < -0.4 is 15.5 Å². The molecule has 0 radical (unpaired) electrons. The maximum Gasteiger partial charge on any atom is 0.490 e. The van der Waals surface area contributed by atoms with E-state index in [1.807, 2.05) is 65.6 Å². The summed E-state index contributed by atoms with van der Waals surface area (Å²) < 4.78 is 45.5. The van der Waals surface area contributed by atoms with E-state index < -0.39 is 17.7 Å². The van der Waals surface area contributed by atoms with Crippen molar-refractivity contribution in [3.8, 4) is 11.1 Å². The molecule has 8 nitrogen and oxygen atoms in total. The molecular weight excluding hydrogens is 556 g/mol. The van der Waals surface area contributed by atoms with E-state index in [1.54, 1.807) is 6.07 Å². The van der Waals surface area contributed by atoms with Crippen molar-refractivity contribution < 1.29 is 37.1 Å². The molecule has 2 amide bonds. The first-order valence-electron chi connectivity index (χ1n) is 13.3. The predicted molar refractivity (Wildman–Crippen MR) is 148 cm³/mol. The minimum Gasteiger partial charge on any atom is -0.475 e. The number of carbonyl (C=O) groups is 3. The number of hydrogen-bond donors (Lipinski definition) is 3. The van der Waals surface area contributed by atoms with Gasteiger partial charge < -0.3 is 25.5 Å². The fourth-order valence-electron chi connectivity index (χ4n) is 5.09. The number of halogens is 4. The molecule has 0 atom stereocenters. The molecule has 0 aliphatic carbocycles. The Morgan fingerprint density at radius 2 is 1.55 bits per heavy atom. The molecule has 1 spiro atoms. The van der Waals surface area contributed by atoms with Crippen LogP contribution in [0.2, 0.25) is 0 Å². The van der Waals surface area contributed by atoms with Crippen molar-refractivity contribution >= 4 is 23.5 Å². The van der Waals surface area contributed by atoms with E-state index in [-0.39, 0.29) is 17.6 Å². The van der Waals surface area contributed by atoms with E-state index in [2.05, 4.69) is 15.5 Å². The van der Waals surface area contributed by atoms with Crippen molar-refractivity contribution in [3.05, 3.63) is 90.2 Å². The molecule has 0 unspecified atom stereocenters. The van der Waals surface area contributed by atoms with Gasteiger partial charge in [0.1, 0.15) is 11.4 Å². The summed E-state index contributed by atoms with van der Waals surface area (Å²) in [4.78, 5) is 38.5. The summed E-state index contributed by atoms with van der Waals surface area (Å²) in [6, 6.07) is 24.1. The summed E-state index contributed by atoms with van der Waals surface area (Å²) in [6.45, 7) is 3.11. The van der Waals surface area contributed by atoms with Crippen molar-refractivity contribution in [1.82, 2.24) is 15.5 Å². The topological polar surface area (TPSA) is 102 Å². The minimum absolute atomic E-state index is 0.00802. The van der Waals surface area contributed by atoms with Gasteiger partial charge in [-0.2, -0.15) is 13.2 Å². The van der Waals surface area contributed by atoms with Crippen LogP contribution in [0.15, 0.2) is 78.9 Å². The lowest BCUT2D eigenvalue weighted by Gasteiger charge is -2.43. The standard InChI is InChI=1S/C28H29FN4O2.C2HF3O2/c29-24-7-4-8-25(19-24)33-20-31-27(35)28(33)13-16-32(17-14-28)18-15-30-26(34)23-11-9-22(10-12-23)21-5-2-1-3-6-21;3-2(4,5)1(6)7/h1-12,19H,13-18,20H2,(H,30,34)(H,31,35);(H,6,7). The Kier molecular flexibility index (Phi) is 9.46. The number of carbonyl (C=O) groups excluding carboxylic acids is 2. The van der Waals surface area contributed by atoms with Gasteiger partial charge in [-0.15, -0.1) is 0 Å². The maximum atomic E-state index is 13.8. The first-order valence-corrected chi connectivity index (χ1v) is 13.3. The number of benzene rings is 3. The van der Waals surface area contributed by atoms with E-state index in [9.17, 15) is 27.2 Å². The van der Waals surface area contributed by atoms with Crippen LogP contribution in [0.25, 0.3) is 11.1 Å². The SMILES string of the molecule is O=C(NCCN1CCC2(CC1)C(=O)NCN2c1cccc(F)c1)c1ccc(-c2ccccc2)cc1.O=C(O)C(F)(F)F. The number of rotatable bonds is 6. The van der Waals surface area contributed by atoms with Crippen LogP contribution in [0.1, 0.15) is 23.2 Å². The Bertz CT molecular complexity index is 1390. The number of nitrogens with one attached hydrogen (secondary N) is 2. The van der Waals surface area contributed by atoms with E-state index in [0.29, 0.717) is 38.2 Å². The number of piperidine rings is 1. The monoisotopic (exact) mass is 586 g/mol. The van der Waals surface area contributed by atoms with Crippen LogP contribution in [0.4, 0.5) is 23.2 Å². The van der Waals surface area contributed by atoms with Gasteiger partial charge in [0.2, 0.25) is 5.91 Å². The molecule has 222 valence electrons. The molecule has 2 aliphatic rings. The number of carboxylic acid groups (broad SMARTS) is 1. The highest BCUT2D eigenvalue weighted by atomic mass is 19.4. The number of nitrogens with zero attached hydrogens (tertiary/aromatic N) is 2. The molecule has 3 N–H and O–H groups in total.